The predicted octanol–water partition coefficient (Wildman–Crippen LogP) is 5.62. The molecule has 0 fully saturated rings. The number of allylic oxidation sites excluding steroid dienone is 10. The summed E-state index contributed by atoms with van der Waals surface area (Å²) in [5.41, 5.74) is 6.44. The number of ether oxygens (including phenoxy) is 2. The lowest BCUT2D eigenvalue weighted by molar-refractivity contribution is -0.139. The molecule has 0 saturated heterocycles. The van der Waals surface area contributed by atoms with Crippen LogP contribution in [-0.2, 0) is 19.1 Å². The van der Waals surface area contributed by atoms with Crippen molar-refractivity contribution in [2.75, 3.05) is 14.2 Å². The van der Waals surface area contributed by atoms with E-state index in [1.54, 1.807) is 6.08 Å². The van der Waals surface area contributed by atoms with Crippen molar-refractivity contribution in [3.8, 4) is 0 Å². The Labute approximate surface area is 193 Å². The fourth-order valence-corrected chi connectivity index (χ4v) is 4.17. The lowest BCUT2D eigenvalue weighted by Crippen LogP contribution is -2.18. The zero-order chi connectivity index (χ0) is 23.4. The second kappa shape index (κ2) is 9.53. The minimum Gasteiger partial charge on any atom is -0.465 e. The molecule has 0 saturated carbocycles. The molecule has 2 aliphatic rings. The van der Waals surface area contributed by atoms with Crippen molar-refractivity contribution in [3.63, 3.8) is 0 Å². The predicted molar refractivity (Wildman–Crippen MR) is 130 cm³/mol. The second-order valence-electron chi connectivity index (χ2n) is 7.62. The molecule has 4 rings (SSSR count). The molecule has 4 nitrogen and oxygen atoms in total. The molecule has 0 bridgehead atoms. The average Bonchev–Trinajstić information content (AvgIpc) is 3.14. The minimum absolute atomic E-state index is 0.157. The Morgan fingerprint density at radius 2 is 1.30 bits per heavy atom. The number of methoxy groups -OCH3 is 2. The molecule has 2 aromatic rings. The van der Waals surface area contributed by atoms with Gasteiger partial charge in [0.2, 0.25) is 0 Å². The lowest BCUT2D eigenvalue weighted by atomic mass is 9.82. The molecule has 0 atom stereocenters. The highest BCUT2D eigenvalue weighted by atomic mass is 16.5. The Morgan fingerprint density at radius 3 is 1.91 bits per heavy atom. The fraction of sp³-hybridized carbons (Fsp3) is 0.103. The Bertz CT molecular complexity index is 1280. The number of rotatable bonds is 4. The number of esters is 2. The minimum atomic E-state index is -0.599. The highest BCUT2D eigenvalue weighted by Gasteiger charge is 2.33. The summed E-state index contributed by atoms with van der Waals surface area (Å²) in [5.74, 6) is -1.20. The van der Waals surface area contributed by atoms with Crippen LogP contribution in [0.3, 0.4) is 0 Å². The number of hydrogen-bond donors (Lipinski definition) is 0. The Morgan fingerprint density at radius 1 is 0.697 bits per heavy atom. The first-order valence-corrected chi connectivity index (χ1v) is 10.6. The van der Waals surface area contributed by atoms with E-state index in [0.717, 1.165) is 33.4 Å². The van der Waals surface area contributed by atoms with E-state index in [0.29, 0.717) is 5.57 Å². The first-order chi connectivity index (χ1) is 16.1. The van der Waals surface area contributed by atoms with Gasteiger partial charge in [0.1, 0.15) is 0 Å². The maximum absolute atomic E-state index is 13.2. The van der Waals surface area contributed by atoms with Crippen LogP contribution < -0.4 is 0 Å². The van der Waals surface area contributed by atoms with Crippen molar-refractivity contribution < 1.29 is 19.1 Å². The van der Waals surface area contributed by atoms with Gasteiger partial charge in [0.15, 0.2) is 0 Å². The van der Waals surface area contributed by atoms with Crippen molar-refractivity contribution in [1.82, 2.24) is 0 Å². The maximum Gasteiger partial charge on any atom is 0.339 e. The lowest BCUT2D eigenvalue weighted by Gasteiger charge is -2.21. The number of hydrogen-bond acceptors (Lipinski definition) is 4. The van der Waals surface area contributed by atoms with Crippen molar-refractivity contribution in [2.45, 2.75) is 6.92 Å². The normalized spacial score (nSPS) is 15.5. The Balaban J connectivity index is 2.17. The first kappa shape index (κ1) is 22.0. The summed E-state index contributed by atoms with van der Waals surface area (Å²) in [7, 11) is 2.62. The first-order valence-electron chi connectivity index (χ1n) is 10.6. The Hall–Kier alpha value is -4.18. The number of carbonyl (C=O) groups is 2. The summed E-state index contributed by atoms with van der Waals surface area (Å²) < 4.78 is 10.2. The zero-order valence-corrected chi connectivity index (χ0v) is 18.8. The molecule has 2 aliphatic carbocycles. The molecule has 0 aromatic heterocycles. The van der Waals surface area contributed by atoms with E-state index in [4.69, 9.17) is 9.47 Å². The third kappa shape index (κ3) is 4.15. The summed E-state index contributed by atoms with van der Waals surface area (Å²) in [4.78, 5) is 26.0. The molecule has 164 valence electrons. The van der Waals surface area contributed by atoms with Gasteiger partial charge in [0.25, 0.3) is 0 Å². The molecule has 0 radical (unpaired) electrons. The van der Waals surface area contributed by atoms with Gasteiger partial charge >= 0.3 is 11.9 Å². The van der Waals surface area contributed by atoms with E-state index in [2.05, 4.69) is 0 Å². The second-order valence-corrected chi connectivity index (χ2v) is 7.62. The van der Waals surface area contributed by atoms with E-state index in [-0.39, 0.29) is 11.1 Å². The largest absolute Gasteiger partial charge is 0.465 e. The van der Waals surface area contributed by atoms with Crippen LogP contribution in [-0.4, -0.2) is 26.2 Å². The van der Waals surface area contributed by atoms with Crippen LogP contribution in [0.4, 0.5) is 0 Å². The summed E-state index contributed by atoms with van der Waals surface area (Å²) >= 11 is 0. The molecule has 2 aromatic carbocycles. The highest BCUT2D eigenvalue weighted by Crippen LogP contribution is 2.44. The maximum atomic E-state index is 13.2. The van der Waals surface area contributed by atoms with Gasteiger partial charge in [-0.2, -0.15) is 0 Å². The van der Waals surface area contributed by atoms with Crippen LogP contribution in [0.15, 0.2) is 119 Å². The number of carbonyl (C=O) groups excluding carboxylic acids is 2. The van der Waals surface area contributed by atoms with Crippen LogP contribution >= 0.6 is 0 Å². The van der Waals surface area contributed by atoms with Crippen LogP contribution in [0.2, 0.25) is 0 Å². The average molecular weight is 437 g/mol. The molecule has 0 heterocycles. The van der Waals surface area contributed by atoms with E-state index >= 15 is 0 Å². The third-order valence-electron chi connectivity index (χ3n) is 5.69. The van der Waals surface area contributed by atoms with Crippen molar-refractivity contribution in [3.05, 3.63) is 130 Å². The highest BCUT2D eigenvalue weighted by molar-refractivity contribution is 6.13. The topological polar surface area (TPSA) is 52.6 Å². The van der Waals surface area contributed by atoms with Crippen LogP contribution in [0, 0.1) is 0 Å². The van der Waals surface area contributed by atoms with Crippen LogP contribution in [0.25, 0.3) is 11.1 Å². The van der Waals surface area contributed by atoms with Gasteiger partial charge in [0.05, 0.1) is 25.4 Å². The van der Waals surface area contributed by atoms with Crippen LogP contribution in [0.1, 0.15) is 18.1 Å². The van der Waals surface area contributed by atoms with Crippen molar-refractivity contribution in [2.24, 2.45) is 0 Å². The van der Waals surface area contributed by atoms with E-state index in [9.17, 15) is 9.59 Å². The van der Waals surface area contributed by atoms with E-state index < -0.39 is 11.9 Å². The molecular formula is C29H24O4. The number of benzene rings is 2. The summed E-state index contributed by atoms with van der Waals surface area (Å²) in [6.45, 7) is 1.98. The van der Waals surface area contributed by atoms with Crippen molar-refractivity contribution >= 4 is 23.1 Å². The van der Waals surface area contributed by atoms with Gasteiger partial charge in [0, 0.05) is 5.57 Å². The summed E-state index contributed by atoms with van der Waals surface area (Å²) in [5, 5.41) is 0. The molecule has 0 N–H and O–H groups in total. The van der Waals surface area contributed by atoms with Crippen molar-refractivity contribution in [1.29, 1.82) is 0 Å². The summed E-state index contributed by atoms with van der Waals surface area (Å²) in [6, 6.07) is 19.8. The van der Waals surface area contributed by atoms with Crippen LogP contribution in [0.5, 0.6) is 0 Å². The smallest absolute Gasteiger partial charge is 0.339 e. The van der Waals surface area contributed by atoms with Gasteiger partial charge in [-0.05, 0) is 46.4 Å². The summed E-state index contributed by atoms with van der Waals surface area (Å²) in [6.07, 6.45) is 9.47. The zero-order valence-electron chi connectivity index (χ0n) is 18.8. The molecule has 0 aliphatic heterocycles. The van der Waals surface area contributed by atoms with Gasteiger partial charge in [-0.1, -0.05) is 85.0 Å². The van der Waals surface area contributed by atoms with Gasteiger partial charge in [-0.25, -0.2) is 9.59 Å². The molecular weight excluding hydrogens is 412 g/mol. The Kier molecular flexibility index (Phi) is 6.36. The molecule has 0 spiro atoms. The van der Waals surface area contributed by atoms with Gasteiger partial charge < -0.3 is 9.47 Å². The van der Waals surface area contributed by atoms with Gasteiger partial charge in [-0.3, -0.25) is 0 Å². The molecule has 0 unspecified atom stereocenters. The fourth-order valence-electron chi connectivity index (χ4n) is 4.17. The third-order valence-corrected chi connectivity index (χ3v) is 5.69. The van der Waals surface area contributed by atoms with E-state index in [1.807, 2.05) is 91.9 Å². The number of fused-ring (bicyclic) bond motifs is 1. The monoisotopic (exact) mass is 436 g/mol. The standard InChI is InChI=1S/C29H24O4/c1-19-17-18-24(28(30)32-2)27(29(31)33-3)26-23(21-13-8-5-9-14-21)16-10-15-22(25(19)26)20-11-6-4-7-12-20/h4-18H,1-3H3. The molecule has 4 heteroatoms. The SMILES string of the molecule is COC(=O)C1=CC=C(C)C2=C(c3ccccc3)C=CC=C(c3ccccc3)C2=C1C(=O)OC. The molecule has 33 heavy (non-hydrogen) atoms. The van der Waals surface area contributed by atoms with E-state index in [1.165, 1.54) is 14.2 Å². The molecule has 0 amide bonds. The van der Waals surface area contributed by atoms with Gasteiger partial charge in [-0.15, -0.1) is 0 Å². The quantitative estimate of drug-likeness (QED) is 0.584.